The molecule has 0 saturated heterocycles. The maximum absolute atomic E-state index is 13.1. The summed E-state index contributed by atoms with van der Waals surface area (Å²) in [6.45, 7) is 7.57. The van der Waals surface area contributed by atoms with Crippen molar-refractivity contribution < 1.29 is 4.79 Å². The van der Waals surface area contributed by atoms with Crippen molar-refractivity contribution in [2.45, 2.75) is 38.1 Å². The van der Waals surface area contributed by atoms with Crippen LogP contribution in [0, 0.1) is 20.8 Å². The largest absolute Gasteiger partial charge is 0.319 e. The highest BCUT2D eigenvalue weighted by Crippen LogP contribution is 2.26. The van der Waals surface area contributed by atoms with E-state index in [1.54, 1.807) is 30.3 Å². The van der Waals surface area contributed by atoms with E-state index < -0.39 is 5.25 Å². The number of anilines is 1. The van der Waals surface area contributed by atoms with Crippen LogP contribution < -0.4 is 10.9 Å². The van der Waals surface area contributed by atoms with Gasteiger partial charge in [-0.2, -0.15) is 4.68 Å². The Morgan fingerprint density at radius 1 is 1.09 bits per heavy atom. The number of rotatable bonds is 6. The second-order valence-corrected chi connectivity index (χ2v) is 9.16. The fourth-order valence-electron chi connectivity index (χ4n) is 3.60. The number of thioether (sulfide) groups is 1. The molecule has 2 aromatic carbocycles. The van der Waals surface area contributed by atoms with Crippen molar-refractivity contribution in [3.8, 4) is 11.4 Å². The molecular formula is C23H25N7O2S. The predicted octanol–water partition coefficient (Wildman–Crippen LogP) is 3.20. The van der Waals surface area contributed by atoms with Crippen molar-refractivity contribution in [3.05, 3.63) is 75.7 Å². The molecule has 4 aromatic rings. The van der Waals surface area contributed by atoms with Crippen LogP contribution in [0.3, 0.4) is 0 Å². The van der Waals surface area contributed by atoms with E-state index in [1.165, 1.54) is 16.4 Å². The van der Waals surface area contributed by atoms with Gasteiger partial charge in [0.05, 0.1) is 22.3 Å². The van der Waals surface area contributed by atoms with Gasteiger partial charge in [-0.15, -0.1) is 5.10 Å². The van der Waals surface area contributed by atoms with Crippen LogP contribution in [-0.2, 0) is 11.8 Å². The number of hydrogen-bond donors (Lipinski definition) is 1. The lowest BCUT2D eigenvalue weighted by molar-refractivity contribution is -0.115. The van der Waals surface area contributed by atoms with Crippen LogP contribution in [0.5, 0.6) is 0 Å². The molecule has 1 atom stereocenters. The Balaban J connectivity index is 1.56. The highest BCUT2D eigenvalue weighted by molar-refractivity contribution is 8.00. The van der Waals surface area contributed by atoms with E-state index in [-0.39, 0.29) is 17.2 Å². The van der Waals surface area contributed by atoms with Crippen molar-refractivity contribution >= 4 is 23.4 Å². The number of carbonyl (C=O) groups excluding carboxylic acids is 1. The maximum atomic E-state index is 13.1. The van der Waals surface area contributed by atoms with Crippen molar-refractivity contribution in [1.29, 1.82) is 0 Å². The minimum atomic E-state index is -0.537. The topological polar surface area (TPSA) is 99.6 Å². The zero-order chi connectivity index (χ0) is 23.7. The summed E-state index contributed by atoms with van der Waals surface area (Å²) in [6.07, 6.45) is 0. The van der Waals surface area contributed by atoms with Gasteiger partial charge in [0.15, 0.2) is 0 Å². The Morgan fingerprint density at radius 2 is 1.82 bits per heavy atom. The molecule has 0 fully saturated rings. The van der Waals surface area contributed by atoms with E-state index in [1.807, 2.05) is 56.3 Å². The Labute approximate surface area is 195 Å². The summed E-state index contributed by atoms with van der Waals surface area (Å²) >= 11 is 1.23. The van der Waals surface area contributed by atoms with Gasteiger partial charge < -0.3 is 5.32 Å². The number of hydrogen-bond acceptors (Lipinski definition) is 6. The molecule has 0 aliphatic heterocycles. The van der Waals surface area contributed by atoms with E-state index in [4.69, 9.17) is 0 Å². The molecule has 0 radical (unpaired) electrons. The van der Waals surface area contributed by atoms with E-state index in [0.29, 0.717) is 10.9 Å². The lowest BCUT2D eigenvalue weighted by atomic mass is 10.1. The van der Waals surface area contributed by atoms with Crippen LogP contribution in [-0.4, -0.2) is 40.7 Å². The Morgan fingerprint density at radius 3 is 2.52 bits per heavy atom. The summed E-state index contributed by atoms with van der Waals surface area (Å²) in [5.41, 5.74) is 4.39. The fourth-order valence-corrected chi connectivity index (χ4v) is 4.40. The van der Waals surface area contributed by atoms with Gasteiger partial charge in [0.25, 0.3) is 5.56 Å². The number of benzene rings is 2. The third-order valence-electron chi connectivity index (χ3n) is 5.48. The number of nitrogens with zero attached hydrogens (tertiary/aromatic N) is 6. The fraction of sp³-hybridized carbons (Fsp3) is 0.261. The average molecular weight is 464 g/mol. The molecule has 0 aliphatic carbocycles. The van der Waals surface area contributed by atoms with Gasteiger partial charge >= 0.3 is 0 Å². The lowest BCUT2D eigenvalue weighted by Gasteiger charge is -2.12. The number of nitrogens with one attached hydrogen (secondary N) is 1. The Hall–Kier alpha value is -3.66. The van der Waals surface area contributed by atoms with E-state index >= 15 is 0 Å². The number of amides is 1. The maximum Gasteiger partial charge on any atom is 0.295 e. The Bertz CT molecular complexity index is 1370. The number of tetrazole rings is 1. The summed E-state index contributed by atoms with van der Waals surface area (Å²) in [5, 5.41) is 14.7. The zero-order valence-corrected chi connectivity index (χ0v) is 19.9. The smallest absolute Gasteiger partial charge is 0.295 e. The molecule has 2 heterocycles. The summed E-state index contributed by atoms with van der Waals surface area (Å²) in [4.78, 5) is 26.1. The van der Waals surface area contributed by atoms with Gasteiger partial charge in [0.2, 0.25) is 11.1 Å². The van der Waals surface area contributed by atoms with Gasteiger partial charge in [-0.05, 0) is 61.9 Å². The van der Waals surface area contributed by atoms with Crippen molar-refractivity contribution in [1.82, 2.24) is 29.6 Å². The molecule has 10 heteroatoms. The molecule has 170 valence electrons. The highest BCUT2D eigenvalue weighted by atomic mass is 32.2. The minimum absolute atomic E-state index is 0.257. The van der Waals surface area contributed by atoms with Crippen LogP contribution in [0.2, 0.25) is 0 Å². The molecule has 0 unspecified atom stereocenters. The van der Waals surface area contributed by atoms with Crippen molar-refractivity contribution in [3.63, 3.8) is 0 Å². The minimum Gasteiger partial charge on any atom is -0.319 e. The second kappa shape index (κ2) is 9.07. The molecular weight excluding hydrogens is 438 g/mol. The normalized spacial score (nSPS) is 12.0. The zero-order valence-electron chi connectivity index (χ0n) is 19.1. The first-order valence-corrected chi connectivity index (χ1v) is 11.3. The molecule has 0 bridgehead atoms. The third-order valence-corrected chi connectivity index (χ3v) is 6.51. The quantitative estimate of drug-likeness (QED) is 0.441. The van der Waals surface area contributed by atoms with E-state index in [2.05, 4.69) is 26.9 Å². The van der Waals surface area contributed by atoms with Gasteiger partial charge in [0, 0.05) is 7.05 Å². The Kier molecular flexibility index (Phi) is 6.19. The molecule has 0 saturated carbocycles. The summed E-state index contributed by atoms with van der Waals surface area (Å²) in [5.74, 6) is -0.304. The molecule has 33 heavy (non-hydrogen) atoms. The molecule has 1 N–H and O–H groups in total. The number of aryl methyl sites for hydroxylation is 2. The van der Waals surface area contributed by atoms with Crippen LogP contribution in [0.25, 0.3) is 11.4 Å². The molecule has 1 amide bonds. The number of carbonyl (C=O) groups is 1. The number of para-hydroxylation sites is 1. The number of aromatic nitrogens is 6. The van der Waals surface area contributed by atoms with Crippen LogP contribution in [0.1, 0.15) is 23.7 Å². The van der Waals surface area contributed by atoms with Crippen LogP contribution in [0.15, 0.2) is 58.5 Å². The van der Waals surface area contributed by atoms with Crippen LogP contribution in [0.4, 0.5) is 5.69 Å². The highest BCUT2D eigenvalue weighted by Gasteiger charge is 2.24. The first kappa shape index (κ1) is 22.5. The van der Waals surface area contributed by atoms with Crippen molar-refractivity contribution in [2.24, 2.45) is 7.05 Å². The van der Waals surface area contributed by atoms with Gasteiger partial charge in [-0.25, -0.2) is 4.68 Å². The first-order chi connectivity index (χ1) is 15.8. The standard InChI is InChI=1S/C23H25N7O2S/c1-14-11-12-19(15(2)13-14)29-23(25-26-27-29)33-17(4)21(31)24-20-16(3)28(5)30(22(20)32)18-9-7-6-8-10-18/h6-13,17H,1-5H3,(H,24,31)/t17-/m0/s1. The van der Waals surface area contributed by atoms with E-state index in [9.17, 15) is 9.59 Å². The molecule has 9 nitrogen and oxygen atoms in total. The SMILES string of the molecule is Cc1ccc(-n2nnnc2S[C@@H](C)C(=O)Nc2c(C)n(C)n(-c3ccccc3)c2=O)c(C)c1. The third kappa shape index (κ3) is 4.34. The van der Waals surface area contributed by atoms with Crippen LogP contribution >= 0.6 is 11.8 Å². The summed E-state index contributed by atoms with van der Waals surface area (Å²) in [6, 6.07) is 15.3. The lowest BCUT2D eigenvalue weighted by Crippen LogP contribution is -2.27. The average Bonchev–Trinajstić information content (AvgIpc) is 3.32. The predicted molar refractivity (Wildman–Crippen MR) is 128 cm³/mol. The summed E-state index contributed by atoms with van der Waals surface area (Å²) in [7, 11) is 1.79. The van der Waals surface area contributed by atoms with Crippen molar-refractivity contribution in [2.75, 3.05) is 5.32 Å². The molecule has 2 aromatic heterocycles. The van der Waals surface area contributed by atoms with Gasteiger partial charge in [0.1, 0.15) is 5.69 Å². The van der Waals surface area contributed by atoms with E-state index in [0.717, 1.165) is 22.5 Å². The van der Waals surface area contributed by atoms with Gasteiger partial charge in [-0.1, -0.05) is 47.7 Å². The molecule has 0 spiro atoms. The first-order valence-electron chi connectivity index (χ1n) is 10.5. The summed E-state index contributed by atoms with van der Waals surface area (Å²) < 4.78 is 4.88. The van der Waals surface area contributed by atoms with Gasteiger partial charge in [-0.3, -0.25) is 14.3 Å². The monoisotopic (exact) mass is 463 g/mol. The molecule has 4 rings (SSSR count). The second-order valence-electron chi connectivity index (χ2n) is 7.85. The molecule has 0 aliphatic rings.